The zero-order valence-electron chi connectivity index (χ0n) is 19.7. The largest absolute Gasteiger partial charge is 0.467 e. The summed E-state index contributed by atoms with van der Waals surface area (Å²) < 4.78 is 32.4. The molecule has 36 heavy (non-hydrogen) atoms. The molecule has 0 aliphatic rings. The maximum Gasteiger partial charge on any atom is 0.251 e. The second kappa shape index (κ2) is 11.4. The van der Waals surface area contributed by atoms with E-state index >= 15 is 0 Å². The van der Waals surface area contributed by atoms with Gasteiger partial charge in [-0.25, -0.2) is 8.42 Å². The summed E-state index contributed by atoms with van der Waals surface area (Å²) in [7, 11) is -2.35. The van der Waals surface area contributed by atoms with Crippen molar-refractivity contribution in [3.05, 3.63) is 112 Å². The molecule has 0 radical (unpaired) electrons. The van der Waals surface area contributed by atoms with E-state index < -0.39 is 21.5 Å². The van der Waals surface area contributed by atoms with Crippen LogP contribution in [0.4, 0.5) is 0 Å². The number of furan rings is 1. The van der Waals surface area contributed by atoms with Crippen LogP contribution < -0.4 is 5.32 Å². The molecule has 7 nitrogen and oxygen atoms in total. The Morgan fingerprint density at radius 2 is 1.69 bits per heavy atom. The molecule has 2 amide bonds. The molecule has 186 valence electrons. The minimum atomic E-state index is -3.86. The van der Waals surface area contributed by atoms with Gasteiger partial charge in [-0.15, -0.1) is 11.3 Å². The van der Waals surface area contributed by atoms with Crippen molar-refractivity contribution < 1.29 is 22.4 Å². The fraction of sp³-hybridized carbons (Fsp3) is 0.185. The van der Waals surface area contributed by atoms with Crippen LogP contribution in [0.5, 0.6) is 0 Å². The van der Waals surface area contributed by atoms with Gasteiger partial charge in [0.15, 0.2) is 9.84 Å². The highest BCUT2D eigenvalue weighted by atomic mass is 32.2. The number of amides is 2. The summed E-state index contributed by atoms with van der Waals surface area (Å²) in [6.45, 7) is 0.551. The smallest absolute Gasteiger partial charge is 0.251 e. The number of benzene rings is 2. The molecule has 0 unspecified atom stereocenters. The topological polar surface area (TPSA) is 96.7 Å². The second-order valence-corrected chi connectivity index (χ2v) is 11.3. The van der Waals surface area contributed by atoms with E-state index in [-0.39, 0.29) is 23.3 Å². The summed E-state index contributed by atoms with van der Waals surface area (Å²) in [5.41, 5.74) is 0.969. The van der Waals surface area contributed by atoms with Gasteiger partial charge in [0.1, 0.15) is 5.76 Å². The van der Waals surface area contributed by atoms with Crippen LogP contribution in [0.3, 0.4) is 0 Å². The van der Waals surface area contributed by atoms with E-state index in [1.165, 1.54) is 42.6 Å². The summed E-state index contributed by atoms with van der Waals surface area (Å²) in [6.07, 6.45) is 1.55. The Bertz CT molecular complexity index is 1350. The van der Waals surface area contributed by atoms with E-state index in [1.807, 2.05) is 23.6 Å². The third kappa shape index (κ3) is 6.10. The molecule has 0 aliphatic heterocycles. The number of hydrogen-bond acceptors (Lipinski definition) is 6. The summed E-state index contributed by atoms with van der Waals surface area (Å²) in [5, 5.41) is 4.45. The number of carbonyl (C=O) groups excluding carboxylic acids is 2. The summed E-state index contributed by atoms with van der Waals surface area (Å²) in [6, 6.07) is 22.1. The minimum absolute atomic E-state index is 0.0553. The molecule has 2 aromatic carbocycles. The van der Waals surface area contributed by atoms with Gasteiger partial charge in [-0.2, -0.15) is 0 Å². The summed E-state index contributed by atoms with van der Waals surface area (Å²) in [5.74, 6) is -1.34. The monoisotopic (exact) mass is 522 g/mol. The first-order valence-corrected chi connectivity index (χ1v) is 13.8. The maximum atomic E-state index is 14.0. The van der Waals surface area contributed by atoms with Crippen LogP contribution in [0, 0.1) is 0 Å². The van der Waals surface area contributed by atoms with Crippen molar-refractivity contribution in [3.63, 3.8) is 0 Å². The lowest BCUT2D eigenvalue weighted by Gasteiger charge is -2.27. The molecule has 0 fully saturated rings. The molecule has 4 rings (SSSR count). The number of carbonyl (C=O) groups is 2. The fourth-order valence-electron chi connectivity index (χ4n) is 3.88. The van der Waals surface area contributed by atoms with Crippen molar-refractivity contribution in [2.75, 3.05) is 12.8 Å². The Morgan fingerprint density at radius 3 is 2.31 bits per heavy atom. The third-order valence-corrected chi connectivity index (χ3v) is 8.38. The molecule has 0 spiro atoms. The van der Waals surface area contributed by atoms with E-state index in [4.69, 9.17) is 4.42 Å². The number of thiophene rings is 1. The van der Waals surface area contributed by atoms with Crippen molar-refractivity contribution in [3.8, 4) is 0 Å². The van der Waals surface area contributed by atoms with Crippen molar-refractivity contribution in [2.24, 2.45) is 0 Å². The fourth-order valence-corrected chi connectivity index (χ4v) is 6.12. The van der Waals surface area contributed by atoms with Crippen LogP contribution in [0.25, 0.3) is 0 Å². The van der Waals surface area contributed by atoms with Gasteiger partial charge in [0.2, 0.25) is 5.91 Å². The van der Waals surface area contributed by atoms with E-state index in [9.17, 15) is 18.0 Å². The van der Waals surface area contributed by atoms with Gasteiger partial charge in [-0.3, -0.25) is 9.59 Å². The Hall–Kier alpha value is -3.69. The Labute approximate surface area is 214 Å². The van der Waals surface area contributed by atoms with Gasteiger partial charge in [-0.1, -0.05) is 36.4 Å². The van der Waals surface area contributed by atoms with Crippen LogP contribution in [-0.4, -0.2) is 37.9 Å². The minimum Gasteiger partial charge on any atom is -0.467 e. The second-order valence-electron chi connectivity index (χ2n) is 8.20. The summed E-state index contributed by atoms with van der Waals surface area (Å²) >= 11 is 1.53. The van der Waals surface area contributed by atoms with Gasteiger partial charge in [0, 0.05) is 17.5 Å². The van der Waals surface area contributed by atoms with E-state index in [1.54, 1.807) is 47.6 Å². The number of sulfone groups is 1. The Morgan fingerprint density at radius 1 is 0.944 bits per heavy atom. The van der Waals surface area contributed by atoms with E-state index in [0.717, 1.165) is 4.88 Å². The predicted molar refractivity (Wildman–Crippen MR) is 138 cm³/mol. The molecule has 0 saturated carbocycles. The SMILES string of the molecule is CNC(=O)c1ccc(S(=O)(=O)C[C@H](C(=O)N(Cc2ccco2)Cc2cccs2)c2ccccc2)cc1. The van der Waals surface area contributed by atoms with Crippen LogP contribution in [0.2, 0.25) is 0 Å². The Kier molecular flexibility index (Phi) is 8.02. The van der Waals surface area contributed by atoms with Crippen molar-refractivity contribution in [2.45, 2.75) is 23.9 Å². The molecule has 0 bridgehead atoms. The lowest BCUT2D eigenvalue weighted by Crippen LogP contribution is -2.37. The number of rotatable bonds is 10. The third-order valence-electron chi connectivity index (χ3n) is 5.75. The molecule has 2 heterocycles. The predicted octanol–water partition coefficient (Wildman–Crippen LogP) is 4.49. The molecule has 0 saturated heterocycles. The maximum absolute atomic E-state index is 14.0. The number of hydrogen-bond donors (Lipinski definition) is 1. The average Bonchev–Trinajstić information content (AvgIpc) is 3.61. The van der Waals surface area contributed by atoms with Crippen molar-refractivity contribution >= 4 is 33.0 Å². The molecule has 2 aromatic heterocycles. The normalized spacial score (nSPS) is 12.1. The molecular formula is C27H26N2O5S2. The quantitative estimate of drug-likeness (QED) is 0.331. The van der Waals surface area contributed by atoms with Crippen LogP contribution >= 0.6 is 11.3 Å². The zero-order chi connectivity index (χ0) is 25.5. The average molecular weight is 523 g/mol. The highest BCUT2D eigenvalue weighted by molar-refractivity contribution is 7.91. The first-order chi connectivity index (χ1) is 17.4. The van der Waals surface area contributed by atoms with Gasteiger partial charge in [0.25, 0.3) is 5.91 Å². The molecule has 9 heteroatoms. The molecule has 1 atom stereocenters. The lowest BCUT2D eigenvalue weighted by molar-refractivity contribution is -0.133. The summed E-state index contributed by atoms with van der Waals surface area (Å²) in [4.78, 5) is 28.5. The van der Waals surface area contributed by atoms with Crippen LogP contribution in [0.1, 0.15) is 32.5 Å². The number of nitrogens with zero attached hydrogens (tertiary/aromatic N) is 1. The first-order valence-electron chi connectivity index (χ1n) is 11.3. The van der Waals surface area contributed by atoms with Crippen molar-refractivity contribution in [1.82, 2.24) is 10.2 Å². The zero-order valence-corrected chi connectivity index (χ0v) is 21.3. The van der Waals surface area contributed by atoms with Gasteiger partial charge < -0.3 is 14.6 Å². The highest BCUT2D eigenvalue weighted by Crippen LogP contribution is 2.27. The number of nitrogens with one attached hydrogen (secondary N) is 1. The van der Waals surface area contributed by atoms with E-state index in [0.29, 0.717) is 23.4 Å². The lowest BCUT2D eigenvalue weighted by atomic mass is 9.99. The standard InChI is InChI=1S/C27H26N2O5S2/c1-28-26(30)21-11-13-24(14-12-21)36(32,33)19-25(20-7-3-2-4-8-20)27(31)29(17-22-9-5-15-34-22)18-23-10-6-16-35-23/h2-16,25H,17-19H2,1H3,(H,28,30)/t25-/m0/s1. The highest BCUT2D eigenvalue weighted by Gasteiger charge is 2.32. The van der Waals surface area contributed by atoms with Crippen LogP contribution in [-0.2, 0) is 27.7 Å². The molecule has 4 aromatic rings. The van der Waals surface area contributed by atoms with Gasteiger partial charge in [0.05, 0.1) is 35.9 Å². The molecular weight excluding hydrogens is 496 g/mol. The van der Waals surface area contributed by atoms with Crippen molar-refractivity contribution in [1.29, 1.82) is 0 Å². The molecule has 1 N–H and O–H groups in total. The molecule has 0 aliphatic carbocycles. The van der Waals surface area contributed by atoms with Gasteiger partial charge in [-0.05, 0) is 53.4 Å². The first kappa shape index (κ1) is 25.4. The van der Waals surface area contributed by atoms with E-state index in [2.05, 4.69) is 5.32 Å². The Balaban J connectivity index is 1.66. The van der Waals surface area contributed by atoms with Crippen LogP contribution in [0.15, 0.2) is 99.8 Å². The van der Waals surface area contributed by atoms with Gasteiger partial charge >= 0.3 is 0 Å².